The lowest BCUT2D eigenvalue weighted by Gasteiger charge is -2.25. The first-order chi connectivity index (χ1) is 6.15. The van der Waals surface area contributed by atoms with Crippen LogP contribution in [0, 0.1) is 19.3 Å². The fourth-order valence-corrected chi connectivity index (χ4v) is 2.77. The van der Waals surface area contributed by atoms with Gasteiger partial charge in [-0.05, 0) is 26.2 Å². The molecule has 0 spiro atoms. The monoisotopic (exact) mass is 193 g/mol. The molecule has 1 unspecified atom stereocenters. The van der Waals surface area contributed by atoms with E-state index < -0.39 is 5.60 Å². The van der Waals surface area contributed by atoms with Crippen molar-refractivity contribution in [3.05, 3.63) is 15.6 Å². The summed E-state index contributed by atoms with van der Waals surface area (Å²) in [7, 11) is 0. The van der Waals surface area contributed by atoms with Gasteiger partial charge in [0, 0.05) is 0 Å². The lowest BCUT2D eigenvalue weighted by molar-refractivity contribution is 0.0842. The highest BCUT2D eigenvalue weighted by Gasteiger charge is 2.35. The summed E-state index contributed by atoms with van der Waals surface area (Å²) in [5.74, 6) is 2.48. The van der Waals surface area contributed by atoms with Crippen LogP contribution in [-0.4, -0.2) is 10.1 Å². The molecule has 1 aromatic heterocycles. The first kappa shape index (κ1) is 8.74. The summed E-state index contributed by atoms with van der Waals surface area (Å²) in [4.78, 5) is 5.25. The Morgan fingerprint density at radius 3 is 3.15 bits per heavy atom. The van der Waals surface area contributed by atoms with Crippen LogP contribution in [0.3, 0.4) is 0 Å². The maximum Gasteiger partial charge on any atom is 0.161 e. The van der Waals surface area contributed by atoms with Crippen molar-refractivity contribution in [2.45, 2.75) is 31.8 Å². The summed E-state index contributed by atoms with van der Waals surface area (Å²) < 4.78 is 0. The summed E-state index contributed by atoms with van der Waals surface area (Å²) in [6, 6.07) is 0. The zero-order chi connectivity index (χ0) is 9.47. The van der Waals surface area contributed by atoms with Gasteiger partial charge in [-0.1, -0.05) is 5.92 Å². The molecule has 1 aromatic rings. The third-order valence-electron chi connectivity index (χ3n) is 2.37. The fraction of sp³-hybridized carbons (Fsp3) is 0.500. The van der Waals surface area contributed by atoms with Crippen LogP contribution >= 0.6 is 11.3 Å². The number of aryl methyl sites for hydroxylation is 2. The van der Waals surface area contributed by atoms with Gasteiger partial charge in [-0.3, -0.25) is 0 Å². The average molecular weight is 193 g/mol. The molecular weight excluding hydrogens is 182 g/mol. The number of thiazole rings is 1. The van der Waals surface area contributed by atoms with Gasteiger partial charge in [0.2, 0.25) is 0 Å². The molecule has 0 amide bonds. The van der Waals surface area contributed by atoms with E-state index >= 15 is 0 Å². The highest BCUT2D eigenvalue weighted by atomic mass is 32.1. The molecule has 1 N–H and O–H groups in total. The summed E-state index contributed by atoms with van der Waals surface area (Å²) in [5, 5.41) is 11.1. The third-order valence-corrected chi connectivity index (χ3v) is 3.53. The summed E-state index contributed by atoms with van der Waals surface area (Å²) >= 11 is 1.52. The minimum Gasteiger partial charge on any atom is -0.372 e. The third kappa shape index (κ3) is 1.27. The molecule has 0 saturated heterocycles. The van der Waals surface area contributed by atoms with Crippen molar-refractivity contribution in [3.63, 3.8) is 0 Å². The van der Waals surface area contributed by atoms with E-state index in [0.29, 0.717) is 6.42 Å². The number of hydrogen-bond acceptors (Lipinski definition) is 3. The molecule has 1 atom stereocenters. The standard InChI is InChI=1S/C10H11NOS/c1-3-10(12)6-4-5-8-9(10)13-7(2)11-8/h1,12H,4-6H2,2H3. The van der Waals surface area contributed by atoms with Gasteiger partial charge in [0.1, 0.15) is 0 Å². The van der Waals surface area contributed by atoms with Gasteiger partial charge < -0.3 is 5.11 Å². The lowest BCUT2D eigenvalue weighted by Crippen LogP contribution is -2.27. The molecule has 68 valence electrons. The molecule has 0 aromatic carbocycles. The quantitative estimate of drug-likeness (QED) is 0.635. The molecule has 2 rings (SSSR count). The summed E-state index contributed by atoms with van der Waals surface area (Å²) in [6.07, 6.45) is 7.88. The molecule has 13 heavy (non-hydrogen) atoms. The van der Waals surface area contributed by atoms with Gasteiger partial charge in [-0.25, -0.2) is 4.98 Å². The lowest BCUT2D eigenvalue weighted by atomic mass is 9.88. The maximum absolute atomic E-state index is 10.1. The molecule has 0 fully saturated rings. The van der Waals surface area contributed by atoms with Crippen LogP contribution in [-0.2, 0) is 12.0 Å². The molecule has 0 bridgehead atoms. The Labute approximate surface area is 81.6 Å². The van der Waals surface area contributed by atoms with Crippen LogP contribution in [0.2, 0.25) is 0 Å². The molecule has 1 aliphatic rings. The van der Waals surface area contributed by atoms with Crippen LogP contribution < -0.4 is 0 Å². The minimum absolute atomic E-state index is 0.665. The number of rotatable bonds is 0. The molecule has 0 saturated carbocycles. The van der Waals surface area contributed by atoms with E-state index in [4.69, 9.17) is 6.42 Å². The van der Waals surface area contributed by atoms with Crippen molar-refractivity contribution >= 4 is 11.3 Å². The van der Waals surface area contributed by atoms with Crippen molar-refractivity contribution in [1.29, 1.82) is 0 Å². The molecule has 2 nitrogen and oxygen atoms in total. The Morgan fingerprint density at radius 1 is 1.69 bits per heavy atom. The second kappa shape index (κ2) is 2.83. The van der Waals surface area contributed by atoms with Gasteiger partial charge in [-0.15, -0.1) is 17.8 Å². The number of nitrogens with zero attached hydrogens (tertiary/aromatic N) is 1. The minimum atomic E-state index is -1.04. The Morgan fingerprint density at radius 2 is 2.46 bits per heavy atom. The molecule has 1 aliphatic carbocycles. The van der Waals surface area contributed by atoms with Gasteiger partial charge in [0.05, 0.1) is 15.6 Å². The van der Waals surface area contributed by atoms with Crippen LogP contribution in [0.5, 0.6) is 0 Å². The van der Waals surface area contributed by atoms with Crippen LogP contribution in [0.15, 0.2) is 0 Å². The normalized spacial score (nSPS) is 26.5. The van der Waals surface area contributed by atoms with Gasteiger partial charge in [-0.2, -0.15) is 0 Å². The summed E-state index contributed by atoms with van der Waals surface area (Å²) in [5.41, 5.74) is -0.0475. The van der Waals surface area contributed by atoms with Gasteiger partial charge >= 0.3 is 0 Å². The summed E-state index contributed by atoms with van der Waals surface area (Å²) in [6.45, 7) is 1.94. The van der Waals surface area contributed by atoms with E-state index in [1.807, 2.05) is 6.92 Å². The van der Waals surface area contributed by atoms with E-state index in [1.165, 1.54) is 11.3 Å². The highest BCUT2D eigenvalue weighted by molar-refractivity contribution is 7.11. The predicted octanol–water partition coefficient (Wildman–Crippen LogP) is 1.61. The van der Waals surface area contributed by atoms with Crippen LogP contribution in [0.4, 0.5) is 0 Å². The first-order valence-corrected chi connectivity index (χ1v) is 5.14. The van der Waals surface area contributed by atoms with Crippen molar-refractivity contribution in [1.82, 2.24) is 4.98 Å². The number of aromatic nitrogens is 1. The molecule has 3 heteroatoms. The van der Waals surface area contributed by atoms with Gasteiger partial charge in [0.15, 0.2) is 5.60 Å². The number of hydrogen-bond donors (Lipinski definition) is 1. The highest BCUT2D eigenvalue weighted by Crippen LogP contribution is 2.38. The second-order valence-corrected chi connectivity index (χ2v) is 4.57. The molecule has 0 aliphatic heterocycles. The van der Waals surface area contributed by atoms with Crippen LogP contribution in [0.25, 0.3) is 0 Å². The van der Waals surface area contributed by atoms with Crippen molar-refractivity contribution in [2.24, 2.45) is 0 Å². The molecule has 0 radical (unpaired) electrons. The van der Waals surface area contributed by atoms with Crippen molar-refractivity contribution in [3.8, 4) is 12.3 Å². The first-order valence-electron chi connectivity index (χ1n) is 4.32. The SMILES string of the molecule is C#CC1(O)CCCc2nc(C)sc21. The number of terminal acetylenes is 1. The second-order valence-electron chi connectivity index (χ2n) is 3.37. The van der Waals surface area contributed by atoms with Crippen molar-refractivity contribution in [2.75, 3.05) is 0 Å². The predicted molar refractivity (Wildman–Crippen MR) is 52.5 cm³/mol. The Kier molecular flexibility index (Phi) is 1.90. The molecular formula is C10H11NOS. The average Bonchev–Trinajstić information content (AvgIpc) is 2.48. The van der Waals surface area contributed by atoms with E-state index in [9.17, 15) is 5.11 Å². The fourth-order valence-electron chi connectivity index (χ4n) is 1.73. The zero-order valence-corrected chi connectivity index (χ0v) is 8.32. The van der Waals surface area contributed by atoms with Crippen LogP contribution in [0.1, 0.15) is 28.4 Å². The topological polar surface area (TPSA) is 33.1 Å². The number of aliphatic hydroxyl groups is 1. The smallest absolute Gasteiger partial charge is 0.161 e. The van der Waals surface area contributed by atoms with Gasteiger partial charge in [0.25, 0.3) is 0 Å². The Bertz CT molecular complexity index is 377. The Balaban J connectivity index is 2.55. The Hall–Kier alpha value is -0.850. The van der Waals surface area contributed by atoms with Crippen molar-refractivity contribution < 1.29 is 5.11 Å². The molecule has 1 heterocycles. The van der Waals surface area contributed by atoms with E-state index in [-0.39, 0.29) is 0 Å². The van der Waals surface area contributed by atoms with E-state index in [2.05, 4.69) is 10.9 Å². The largest absolute Gasteiger partial charge is 0.372 e. The maximum atomic E-state index is 10.1. The van der Waals surface area contributed by atoms with E-state index in [1.54, 1.807) is 0 Å². The number of fused-ring (bicyclic) bond motifs is 1. The zero-order valence-electron chi connectivity index (χ0n) is 7.50. The van der Waals surface area contributed by atoms with E-state index in [0.717, 1.165) is 28.4 Å².